The Balaban J connectivity index is 2.19. The third-order valence-corrected chi connectivity index (χ3v) is 4.09. The van der Waals surface area contributed by atoms with E-state index in [1.807, 2.05) is 35.4 Å². The van der Waals surface area contributed by atoms with Crippen molar-refractivity contribution in [3.05, 3.63) is 57.8 Å². The van der Waals surface area contributed by atoms with Crippen LogP contribution in [0.2, 0.25) is 0 Å². The van der Waals surface area contributed by atoms with Crippen LogP contribution in [-0.2, 0) is 6.54 Å². The molecule has 0 unspecified atom stereocenters. The zero-order valence-electron chi connectivity index (χ0n) is 11.2. The second kappa shape index (κ2) is 6.63. The molecule has 0 bridgehead atoms. The van der Waals surface area contributed by atoms with E-state index in [0.717, 1.165) is 5.56 Å². The van der Waals surface area contributed by atoms with E-state index in [9.17, 15) is 4.79 Å². The van der Waals surface area contributed by atoms with Gasteiger partial charge in [-0.15, -0.1) is 11.3 Å². The van der Waals surface area contributed by atoms with Crippen LogP contribution in [0.25, 0.3) is 0 Å². The van der Waals surface area contributed by atoms with Crippen molar-refractivity contribution in [2.45, 2.75) is 13.5 Å². The molecule has 2 N–H and O–H groups in total. The first kappa shape index (κ1) is 14.7. The van der Waals surface area contributed by atoms with Crippen LogP contribution in [0.15, 0.2) is 41.8 Å². The maximum absolute atomic E-state index is 12.5. The monoisotopic (exact) mass is 304 g/mol. The fourth-order valence-corrected chi connectivity index (χ4v) is 2.75. The lowest BCUT2D eigenvalue weighted by Crippen LogP contribution is -2.30. The van der Waals surface area contributed by atoms with Gasteiger partial charge in [-0.05, 0) is 30.5 Å². The highest BCUT2D eigenvalue weighted by molar-refractivity contribution is 7.80. The molecule has 0 spiro atoms. The average molecular weight is 304 g/mol. The largest absolute Gasteiger partial charge is 0.389 e. The van der Waals surface area contributed by atoms with Crippen LogP contribution < -0.4 is 5.73 Å². The first-order valence-electron chi connectivity index (χ1n) is 6.33. The van der Waals surface area contributed by atoms with Crippen LogP contribution in [-0.4, -0.2) is 22.3 Å². The molecule has 0 saturated carbocycles. The van der Waals surface area contributed by atoms with Gasteiger partial charge in [-0.1, -0.05) is 30.4 Å². The minimum Gasteiger partial charge on any atom is -0.389 e. The number of hydrogen-bond donors (Lipinski definition) is 1. The van der Waals surface area contributed by atoms with Gasteiger partial charge in [0.2, 0.25) is 0 Å². The summed E-state index contributed by atoms with van der Waals surface area (Å²) in [6.45, 7) is 3.27. The number of rotatable bonds is 5. The second-order valence-corrected chi connectivity index (χ2v) is 5.82. The molecule has 2 rings (SSSR count). The standard InChI is InChI=1S/C15H16N2OS2/c1-2-17(10-13-7-4-8-20-13)15(18)12-6-3-5-11(9-12)14(16)19/h3-9H,2,10H2,1H3,(H2,16,19). The highest BCUT2D eigenvalue weighted by Crippen LogP contribution is 2.15. The van der Waals surface area contributed by atoms with Crippen molar-refractivity contribution in [2.24, 2.45) is 5.73 Å². The molecular weight excluding hydrogens is 288 g/mol. The summed E-state index contributed by atoms with van der Waals surface area (Å²) < 4.78 is 0. The minimum absolute atomic E-state index is 0.000926. The number of amides is 1. The van der Waals surface area contributed by atoms with E-state index < -0.39 is 0 Å². The third-order valence-electron chi connectivity index (χ3n) is 2.99. The third kappa shape index (κ3) is 3.43. The lowest BCUT2D eigenvalue weighted by atomic mass is 10.1. The van der Waals surface area contributed by atoms with Crippen LogP contribution in [0.1, 0.15) is 27.7 Å². The minimum atomic E-state index is -0.000926. The molecule has 0 aliphatic rings. The van der Waals surface area contributed by atoms with E-state index in [0.29, 0.717) is 23.6 Å². The maximum Gasteiger partial charge on any atom is 0.254 e. The Morgan fingerprint density at radius 1 is 1.30 bits per heavy atom. The van der Waals surface area contributed by atoms with Crippen molar-refractivity contribution in [3.8, 4) is 0 Å². The summed E-state index contributed by atoms with van der Waals surface area (Å²) in [6.07, 6.45) is 0. The molecular formula is C15H16N2OS2. The zero-order chi connectivity index (χ0) is 14.5. The summed E-state index contributed by atoms with van der Waals surface area (Å²) in [5.74, 6) is -0.000926. The van der Waals surface area contributed by atoms with Crippen LogP contribution in [0, 0.1) is 0 Å². The normalized spacial score (nSPS) is 10.2. The predicted molar refractivity (Wildman–Crippen MR) is 87.1 cm³/mol. The average Bonchev–Trinajstić information content (AvgIpc) is 2.97. The number of carbonyl (C=O) groups excluding carboxylic acids is 1. The molecule has 5 heteroatoms. The summed E-state index contributed by atoms with van der Waals surface area (Å²) in [5, 5.41) is 2.02. The molecule has 1 aromatic carbocycles. The number of carbonyl (C=O) groups is 1. The van der Waals surface area contributed by atoms with E-state index in [1.165, 1.54) is 4.88 Å². The maximum atomic E-state index is 12.5. The molecule has 1 aromatic heterocycles. The molecule has 3 nitrogen and oxygen atoms in total. The number of thiophene rings is 1. The highest BCUT2D eigenvalue weighted by Gasteiger charge is 2.15. The molecule has 104 valence electrons. The molecule has 2 aromatic rings. The molecule has 0 fully saturated rings. The molecule has 0 atom stereocenters. The Morgan fingerprint density at radius 2 is 2.05 bits per heavy atom. The molecule has 1 heterocycles. The molecule has 1 amide bonds. The molecule has 0 radical (unpaired) electrons. The Labute approximate surface area is 128 Å². The quantitative estimate of drug-likeness (QED) is 0.864. The van der Waals surface area contributed by atoms with Gasteiger partial charge in [-0.25, -0.2) is 0 Å². The Bertz CT molecular complexity index is 608. The summed E-state index contributed by atoms with van der Waals surface area (Å²) in [7, 11) is 0. The summed E-state index contributed by atoms with van der Waals surface area (Å²) in [4.78, 5) is 15.8. The van der Waals surface area contributed by atoms with Crippen LogP contribution in [0.5, 0.6) is 0 Å². The number of benzene rings is 1. The topological polar surface area (TPSA) is 46.3 Å². The van der Waals surface area contributed by atoms with Gasteiger partial charge in [-0.3, -0.25) is 4.79 Å². The summed E-state index contributed by atoms with van der Waals surface area (Å²) in [5.41, 5.74) is 6.95. The van der Waals surface area contributed by atoms with Crippen molar-refractivity contribution < 1.29 is 4.79 Å². The molecule has 0 aliphatic carbocycles. The van der Waals surface area contributed by atoms with Gasteiger partial charge < -0.3 is 10.6 Å². The molecule has 20 heavy (non-hydrogen) atoms. The second-order valence-electron chi connectivity index (χ2n) is 4.34. The van der Waals surface area contributed by atoms with E-state index in [2.05, 4.69) is 0 Å². The van der Waals surface area contributed by atoms with E-state index in [1.54, 1.807) is 29.5 Å². The fourth-order valence-electron chi connectivity index (χ4n) is 1.91. The SMILES string of the molecule is CCN(Cc1cccs1)C(=O)c1cccc(C(N)=S)c1. The first-order chi connectivity index (χ1) is 9.61. The molecule has 0 aliphatic heterocycles. The summed E-state index contributed by atoms with van der Waals surface area (Å²) in [6, 6.07) is 11.2. The number of nitrogens with zero attached hydrogens (tertiary/aromatic N) is 1. The Kier molecular flexibility index (Phi) is 4.87. The van der Waals surface area contributed by atoms with Gasteiger partial charge in [0.15, 0.2) is 0 Å². The lowest BCUT2D eigenvalue weighted by Gasteiger charge is -2.20. The smallest absolute Gasteiger partial charge is 0.254 e. The van der Waals surface area contributed by atoms with Gasteiger partial charge in [0.25, 0.3) is 5.91 Å². The van der Waals surface area contributed by atoms with Crippen molar-refractivity contribution in [3.63, 3.8) is 0 Å². The highest BCUT2D eigenvalue weighted by atomic mass is 32.1. The van der Waals surface area contributed by atoms with Gasteiger partial charge in [0.1, 0.15) is 4.99 Å². The first-order valence-corrected chi connectivity index (χ1v) is 7.62. The van der Waals surface area contributed by atoms with Gasteiger partial charge in [0, 0.05) is 22.5 Å². The van der Waals surface area contributed by atoms with E-state index >= 15 is 0 Å². The molecule has 0 saturated heterocycles. The van der Waals surface area contributed by atoms with Crippen LogP contribution in [0.3, 0.4) is 0 Å². The zero-order valence-corrected chi connectivity index (χ0v) is 12.8. The number of hydrogen-bond acceptors (Lipinski definition) is 3. The number of thiocarbonyl (C=S) groups is 1. The Morgan fingerprint density at radius 3 is 2.65 bits per heavy atom. The van der Waals surface area contributed by atoms with E-state index in [4.69, 9.17) is 18.0 Å². The predicted octanol–water partition coefficient (Wildman–Crippen LogP) is 3.04. The Hall–Kier alpha value is -1.72. The van der Waals surface area contributed by atoms with Gasteiger partial charge in [-0.2, -0.15) is 0 Å². The van der Waals surface area contributed by atoms with Crippen LogP contribution >= 0.6 is 23.6 Å². The van der Waals surface area contributed by atoms with Crippen LogP contribution in [0.4, 0.5) is 0 Å². The number of nitrogens with two attached hydrogens (primary N) is 1. The lowest BCUT2D eigenvalue weighted by molar-refractivity contribution is 0.0754. The van der Waals surface area contributed by atoms with Crippen molar-refractivity contribution in [1.82, 2.24) is 4.90 Å². The van der Waals surface area contributed by atoms with E-state index in [-0.39, 0.29) is 5.91 Å². The van der Waals surface area contributed by atoms with Gasteiger partial charge >= 0.3 is 0 Å². The fraction of sp³-hybridized carbons (Fsp3) is 0.200. The van der Waals surface area contributed by atoms with Crippen molar-refractivity contribution >= 4 is 34.5 Å². The van der Waals surface area contributed by atoms with Gasteiger partial charge in [0.05, 0.1) is 6.54 Å². The van der Waals surface area contributed by atoms with Crippen molar-refractivity contribution in [1.29, 1.82) is 0 Å². The summed E-state index contributed by atoms with van der Waals surface area (Å²) >= 11 is 6.60. The van der Waals surface area contributed by atoms with Crippen molar-refractivity contribution in [2.75, 3.05) is 6.54 Å².